The monoisotopic (exact) mass is 235 g/mol. The number of hydrogen-bond acceptors (Lipinski definition) is 2. The van der Waals surface area contributed by atoms with Crippen LogP contribution >= 0.6 is 0 Å². The first kappa shape index (κ1) is 13.5. The molecule has 3 N–H and O–H groups in total. The predicted octanol–water partition coefficient (Wildman–Crippen LogP) is 2.20. The van der Waals surface area contributed by atoms with E-state index in [0.29, 0.717) is 6.54 Å². The zero-order chi connectivity index (χ0) is 13.1. The van der Waals surface area contributed by atoms with E-state index < -0.39 is 0 Å². The van der Waals surface area contributed by atoms with Crippen LogP contribution in [0.1, 0.15) is 19.4 Å². The van der Waals surface area contributed by atoms with Gasteiger partial charge in [-0.25, -0.2) is 4.79 Å². The molecule has 1 aromatic rings. The zero-order valence-corrected chi connectivity index (χ0v) is 10.9. The molecule has 0 heterocycles. The number of amides is 2. The lowest BCUT2D eigenvalue weighted by Crippen LogP contribution is -2.51. The molecule has 0 saturated heterocycles. The molecule has 0 fully saturated rings. The summed E-state index contributed by atoms with van der Waals surface area (Å²) in [5.41, 5.74) is 7.24. The van der Waals surface area contributed by atoms with E-state index in [4.69, 9.17) is 5.73 Å². The lowest BCUT2D eigenvalue weighted by atomic mass is 10.1. The number of carbonyl (C=O) groups is 1. The number of nitrogens with one attached hydrogen (secondary N) is 1. The van der Waals surface area contributed by atoms with E-state index in [1.165, 1.54) is 5.56 Å². The maximum atomic E-state index is 12.0. The summed E-state index contributed by atoms with van der Waals surface area (Å²) in [6.45, 7) is 6.30. The Morgan fingerprint density at radius 2 is 1.88 bits per heavy atom. The Balaban J connectivity index is 2.69. The van der Waals surface area contributed by atoms with Gasteiger partial charge in [0, 0.05) is 19.3 Å². The van der Waals surface area contributed by atoms with E-state index in [-0.39, 0.29) is 11.6 Å². The first-order valence-corrected chi connectivity index (χ1v) is 5.68. The molecule has 0 spiro atoms. The van der Waals surface area contributed by atoms with Crippen molar-refractivity contribution in [2.75, 3.05) is 18.9 Å². The molecule has 0 radical (unpaired) electrons. The molecule has 0 unspecified atom stereocenters. The third-order valence-corrected chi connectivity index (χ3v) is 3.01. The molecule has 0 aromatic heterocycles. The average molecular weight is 235 g/mol. The standard InChI is InChI=1S/C13H21N3O/c1-10-5-7-11(8-6-10)15-12(17)16(4)13(2,3)9-14/h5-8H,9,14H2,1-4H3,(H,15,17). The lowest BCUT2D eigenvalue weighted by molar-refractivity contribution is 0.172. The fraction of sp³-hybridized carbons (Fsp3) is 0.462. The molecule has 0 saturated carbocycles. The van der Waals surface area contributed by atoms with E-state index in [2.05, 4.69) is 5.32 Å². The molecule has 4 nitrogen and oxygen atoms in total. The van der Waals surface area contributed by atoms with Crippen LogP contribution in [-0.4, -0.2) is 30.1 Å². The second kappa shape index (κ2) is 5.19. The normalized spacial score (nSPS) is 11.1. The number of urea groups is 1. The average Bonchev–Trinajstić information content (AvgIpc) is 2.31. The van der Waals surface area contributed by atoms with E-state index in [1.807, 2.05) is 45.0 Å². The SMILES string of the molecule is Cc1ccc(NC(=O)N(C)C(C)(C)CN)cc1. The van der Waals surface area contributed by atoms with Crippen LogP contribution in [0.3, 0.4) is 0 Å². The summed E-state index contributed by atoms with van der Waals surface area (Å²) in [6.07, 6.45) is 0. The number of carbonyl (C=O) groups excluding carboxylic acids is 1. The van der Waals surface area contributed by atoms with Gasteiger partial charge in [0.05, 0.1) is 5.54 Å². The first-order chi connectivity index (χ1) is 7.86. The van der Waals surface area contributed by atoms with Gasteiger partial charge in [-0.15, -0.1) is 0 Å². The van der Waals surface area contributed by atoms with Crippen molar-refractivity contribution in [1.82, 2.24) is 4.90 Å². The lowest BCUT2D eigenvalue weighted by Gasteiger charge is -2.34. The van der Waals surface area contributed by atoms with Crippen LogP contribution in [0.4, 0.5) is 10.5 Å². The summed E-state index contributed by atoms with van der Waals surface area (Å²) in [5, 5.41) is 2.84. The molecule has 4 heteroatoms. The van der Waals surface area contributed by atoms with Crippen molar-refractivity contribution in [3.8, 4) is 0 Å². The number of hydrogen-bond donors (Lipinski definition) is 2. The quantitative estimate of drug-likeness (QED) is 0.843. The molecule has 0 bridgehead atoms. The summed E-state index contributed by atoms with van der Waals surface area (Å²) >= 11 is 0. The van der Waals surface area contributed by atoms with Gasteiger partial charge in [0.25, 0.3) is 0 Å². The summed E-state index contributed by atoms with van der Waals surface area (Å²) in [7, 11) is 1.75. The number of benzene rings is 1. The molecule has 1 rings (SSSR count). The van der Waals surface area contributed by atoms with Gasteiger partial charge >= 0.3 is 6.03 Å². The maximum absolute atomic E-state index is 12.0. The molecule has 0 aliphatic carbocycles. The second-order valence-electron chi connectivity index (χ2n) is 4.87. The van der Waals surface area contributed by atoms with Crippen LogP contribution in [0.2, 0.25) is 0 Å². The maximum Gasteiger partial charge on any atom is 0.322 e. The second-order valence-corrected chi connectivity index (χ2v) is 4.87. The molecular weight excluding hydrogens is 214 g/mol. The highest BCUT2D eigenvalue weighted by atomic mass is 16.2. The Hall–Kier alpha value is -1.55. The van der Waals surface area contributed by atoms with Crippen LogP contribution in [0.25, 0.3) is 0 Å². The Morgan fingerprint density at radius 3 is 2.35 bits per heavy atom. The number of aryl methyl sites for hydroxylation is 1. The fourth-order valence-electron chi connectivity index (χ4n) is 1.26. The number of nitrogens with zero attached hydrogens (tertiary/aromatic N) is 1. The van der Waals surface area contributed by atoms with Crippen LogP contribution in [0.5, 0.6) is 0 Å². The highest BCUT2D eigenvalue weighted by Gasteiger charge is 2.25. The molecule has 1 aromatic carbocycles. The van der Waals surface area contributed by atoms with E-state index >= 15 is 0 Å². The van der Waals surface area contributed by atoms with Crippen LogP contribution in [0.15, 0.2) is 24.3 Å². The van der Waals surface area contributed by atoms with Crippen LogP contribution in [0, 0.1) is 6.92 Å². The van der Waals surface area contributed by atoms with Gasteiger partial charge < -0.3 is 16.0 Å². The number of nitrogens with two attached hydrogens (primary N) is 1. The van der Waals surface area contributed by atoms with Crippen molar-refractivity contribution < 1.29 is 4.79 Å². The van der Waals surface area contributed by atoms with E-state index in [1.54, 1.807) is 11.9 Å². The van der Waals surface area contributed by atoms with Gasteiger partial charge in [-0.2, -0.15) is 0 Å². The minimum Gasteiger partial charge on any atom is -0.328 e. The van der Waals surface area contributed by atoms with Gasteiger partial charge in [-0.3, -0.25) is 0 Å². The summed E-state index contributed by atoms with van der Waals surface area (Å²) < 4.78 is 0. The number of likely N-dealkylation sites (N-methyl/N-ethyl adjacent to an activating group) is 1. The van der Waals surface area contributed by atoms with Crippen LogP contribution < -0.4 is 11.1 Å². The van der Waals surface area contributed by atoms with Gasteiger partial charge in [-0.1, -0.05) is 17.7 Å². The highest BCUT2D eigenvalue weighted by molar-refractivity contribution is 5.89. The van der Waals surface area contributed by atoms with Crippen LogP contribution in [-0.2, 0) is 0 Å². The summed E-state index contributed by atoms with van der Waals surface area (Å²) in [4.78, 5) is 13.6. The fourth-order valence-corrected chi connectivity index (χ4v) is 1.26. The topological polar surface area (TPSA) is 58.4 Å². The van der Waals surface area contributed by atoms with E-state index in [0.717, 1.165) is 5.69 Å². The molecule has 0 atom stereocenters. The third-order valence-electron chi connectivity index (χ3n) is 3.01. The zero-order valence-electron chi connectivity index (χ0n) is 10.9. The van der Waals surface area contributed by atoms with Crippen molar-refractivity contribution in [3.63, 3.8) is 0 Å². The van der Waals surface area contributed by atoms with Crippen molar-refractivity contribution in [2.24, 2.45) is 5.73 Å². The third kappa shape index (κ3) is 3.46. The smallest absolute Gasteiger partial charge is 0.322 e. The van der Waals surface area contributed by atoms with Gasteiger partial charge in [-0.05, 0) is 32.9 Å². The van der Waals surface area contributed by atoms with Gasteiger partial charge in [0.1, 0.15) is 0 Å². The summed E-state index contributed by atoms with van der Waals surface area (Å²) in [5.74, 6) is 0. The van der Waals surface area contributed by atoms with Gasteiger partial charge in [0.15, 0.2) is 0 Å². The molecule has 0 aliphatic heterocycles. The Labute approximate surface area is 103 Å². The highest BCUT2D eigenvalue weighted by Crippen LogP contribution is 2.14. The minimum absolute atomic E-state index is 0.149. The molecule has 0 aliphatic rings. The molecular formula is C13H21N3O. The molecule has 94 valence electrons. The van der Waals surface area contributed by atoms with Gasteiger partial charge in [0.2, 0.25) is 0 Å². The number of anilines is 1. The first-order valence-electron chi connectivity index (χ1n) is 5.68. The Kier molecular flexibility index (Phi) is 4.12. The molecule has 17 heavy (non-hydrogen) atoms. The summed E-state index contributed by atoms with van der Waals surface area (Å²) in [6, 6.07) is 7.55. The largest absolute Gasteiger partial charge is 0.328 e. The molecule has 2 amide bonds. The minimum atomic E-state index is -0.352. The van der Waals surface area contributed by atoms with Crippen molar-refractivity contribution in [2.45, 2.75) is 26.3 Å². The predicted molar refractivity (Wildman–Crippen MR) is 71.1 cm³/mol. The Bertz CT molecular complexity index is 384. The van der Waals surface area contributed by atoms with Crippen molar-refractivity contribution >= 4 is 11.7 Å². The van der Waals surface area contributed by atoms with E-state index in [9.17, 15) is 4.79 Å². The van der Waals surface area contributed by atoms with Crippen molar-refractivity contribution in [3.05, 3.63) is 29.8 Å². The van der Waals surface area contributed by atoms with Crippen molar-refractivity contribution in [1.29, 1.82) is 0 Å². The Morgan fingerprint density at radius 1 is 1.35 bits per heavy atom. The number of rotatable bonds is 3.